The van der Waals surface area contributed by atoms with Crippen molar-refractivity contribution in [2.24, 2.45) is 5.92 Å². The Morgan fingerprint density at radius 2 is 1.94 bits per heavy atom. The average molecular weight is 232 g/mol. The SMILES string of the molecule is [CH2]N1CCC(C(=O)OCc2ccccc2)CC1. The molecule has 3 heteroatoms. The lowest BCUT2D eigenvalue weighted by Gasteiger charge is -2.27. The molecule has 3 nitrogen and oxygen atoms in total. The number of piperidine rings is 1. The number of likely N-dealkylation sites (tertiary alicyclic amines) is 1. The summed E-state index contributed by atoms with van der Waals surface area (Å²) in [6.45, 7) is 2.14. The van der Waals surface area contributed by atoms with E-state index in [1.807, 2.05) is 35.2 Å². The third kappa shape index (κ3) is 3.56. The zero-order chi connectivity index (χ0) is 12.1. The minimum Gasteiger partial charge on any atom is -0.461 e. The van der Waals surface area contributed by atoms with Crippen LogP contribution < -0.4 is 0 Å². The van der Waals surface area contributed by atoms with Crippen LogP contribution in [0.2, 0.25) is 0 Å². The highest BCUT2D eigenvalue weighted by molar-refractivity contribution is 5.72. The van der Waals surface area contributed by atoms with Crippen molar-refractivity contribution in [2.45, 2.75) is 19.4 Å². The molecule has 0 saturated carbocycles. The summed E-state index contributed by atoms with van der Waals surface area (Å²) in [7, 11) is 3.87. The molecule has 0 aromatic heterocycles. The van der Waals surface area contributed by atoms with Crippen LogP contribution in [-0.2, 0) is 16.1 Å². The van der Waals surface area contributed by atoms with Crippen LogP contribution in [0.3, 0.4) is 0 Å². The van der Waals surface area contributed by atoms with E-state index in [0.29, 0.717) is 6.61 Å². The first kappa shape index (κ1) is 12.1. The van der Waals surface area contributed by atoms with E-state index in [2.05, 4.69) is 7.05 Å². The number of ether oxygens (including phenoxy) is 1. The minimum absolute atomic E-state index is 0.0525. The second-order valence-electron chi connectivity index (χ2n) is 4.49. The van der Waals surface area contributed by atoms with E-state index in [9.17, 15) is 4.79 Å². The highest BCUT2D eigenvalue weighted by Gasteiger charge is 2.24. The third-order valence-electron chi connectivity index (χ3n) is 3.14. The highest BCUT2D eigenvalue weighted by atomic mass is 16.5. The summed E-state index contributed by atoms with van der Waals surface area (Å²) < 4.78 is 5.32. The second-order valence-corrected chi connectivity index (χ2v) is 4.49. The predicted octanol–water partition coefficient (Wildman–Crippen LogP) is 2.23. The van der Waals surface area contributed by atoms with Crippen molar-refractivity contribution in [3.63, 3.8) is 0 Å². The van der Waals surface area contributed by atoms with Crippen LogP contribution in [0.25, 0.3) is 0 Å². The van der Waals surface area contributed by atoms with Gasteiger partial charge in [0.2, 0.25) is 0 Å². The molecule has 91 valence electrons. The van der Waals surface area contributed by atoms with E-state index in [1.54, 1.807) is 0 Å². The van der Waals surface area contributed by atoms with Crippen LogP contribution in [0, 0.1) is 13.0 Å². The van der Waals surface area contributed by atoms with Crippen molar-refractivity contribution >= 4 is 5.97 Å². The van der Waals surface area contributed by atoms with Gasteiger partial charge in [-0.15, -0.1) is 0 Å². The van der Waals surface area contributed by atoms with Crippen molar-refractivity contribution in [2.75, 3.05) is 13.1 Å². The van der Waals surface area contributed by atoms with Crippen LogP contribution in [0.4, 0.5) is 0 Å². The Kier molecular flexibility index (Phi) is 4.15. The molecular formula is C14H18NO2. The van der Waals surface area contributed by atoms with Gasteiger partial charge in [0.15, 0.2) is 0 Å². The molecule has 0 unspecified atom stereocenters. The lowest BCUT2D eigenvalue weighted by Crippen LogP contribution is -2.33. The third-order valence-corrected chi connectivity index (χ3v) is 3.14. The summed E-state index contributed by atoms with van der Waals surface area (Å²) in [5.41, 5.74) is 1.04. The Balaban J connectivity index is 1.78. The Hall–Kier alpha value is -1.35. The summed E-state index contributed by atoms with van der Waals surface area (Å²) >= 11 is 0. The zero-order valence-electron chi connectivity index (χ0n) is 9.97. The fourth-order valence-corrected chi connectivity index (χ4v) is 2.02. The molecule has 0 atom stereocenters. The van der Waals surface area contributed by atoms with E-state index < -0.39 is 0 Å². The molecule has 0 spiro atoms. The Morgan fingerprint density at radius 3 is 2.59 bits per heavy atom. The maximum atomic E-state index is 11.8. The summed E-state index contributed by atoms with van der Waals surface area (Å²) in [4.78, 5) is 13.8. The van der Waals surface area contributed by atoms with Gasteiger partial charge in [-0.25, -0.2) is 0 Å². The maximum Gasteiger partial charge on any atom is 0.309 e. The summed E-state index contributed by atoms with van der Waals surface area (Å²) in [5, 5.41) is 0. The molecular weight excluding hydrogens is 214 g/mol. The molecule has 17 heavy (non-hydrogen) atoms. The molecule has 1 aliphatic heterocycles. The molecule has 1 aliphatic rings. The molecule has 1 heterocycles. The largest absolute Gasteiger partial charge is 0.461 e. The van der Waals surface area contributed by atoms with Gasteiger partial charge >= 0.3 is 5.97 Å². The molecule has 1 fully saturated rings. The number of carbonyl (C=O) groups is 1. The van der Waals surface area contributed by atoms with E-state index >= 15 is 0 Å². The number of benzene rings is 1. The fraction of sp³-hybridized carbons (Fsp3) is 0.429. The van der Waals surface area contributed by atoms with Crippen molar-refractivity contribution in [3.05, 3.63) is 42.9 Å². The number of nitrogens with zero attached hydrogens (tertiary/aromatic N) is 1. The van der Waals surface area contributed by atoms with Crippen LogP contribution in [-0.4, -0.2) is 24.0 Å². The van der Waals surface area contributed by atoms with Crippen molar-refractivity contribution in [3.8, 4) is 0 Å². The van der Waals surface area contributed by atoms with Crippen molar-refractivity contribution in [1.29, 1.82) is 0 Å². The number of hydrogen-bond acceptors (Lipinski definition) is 3. The molecule has 1 saturated heterocycles. The Bertz CT molecular complexity index is 356. The summed E-state index contributed by atoms with van der Waals surface area (Å²) in [6.07, 6.45) is 1.72. The monoisotopic (exact) mass is 232 g/mol. The first-order valence-electron chi connectivity index (χ1n) is 6.02. The maximum absolute atomic E-state index is 11.8. The summed E-state index contributed by atoms with van der Waals surface area (Å²) in [5.74, 6) is -0.0151. The topological polar surface area (TPSA) is 29.5 Å². The van der Waals surface area contributed by atoms with Crippen molar-refractivity contribution in [1.82, 2.24) is 4.90 Å². The van der Waals surface area contributed by atoms with Gasteiger partial charge in [-0.1, -0.05) is 30.3 Å². The van der Waals surface area contributed by atoms with E-state index in [0.717, 1.165) is 31.5 Å². The molecule has 0 amide bonds. The van der Waals surface area contributed by atoms with Gasteiger partial charge in [0, 0.05) is 7.05 Å². The molecule has 2 rings (SSSR count). The number of hydrogen-bond donors (Lipinski definition) is 0. The second kappa shape index (κ2) is 5.82. The minimum atomic E-state index is -0.0676. The van der Waals surface area contributed by atoms with E-state index in [-0.39, 0.29) is 11.9 Å². The lowest BCUT2D eigenvalue weighted by molar-refractivity contribution is -0.151. The molecule has 1 radical (unpaired) electrons. The standard InChI is InChI=1S/C14H18NO2/c1-15-9-7-13(8-10-15)14(16)17-11-12-5-3-2-4-6-12/h2-6,13H,1,7-11H2. The summed E-state index contributed by atoms with van der Waals surface area (Å²) in [6, 6.07) is 9.78. The first-order chi connectivity index (χ1) is 8.25. The van der Waals surface area contributed by atoms with Gasteiger partial charge in [0.05, 0.1) is 5.92 Å². The van der Waals surface area contributed by atoms with Gasteiger partial charge in [-0.05, 0) is 31.5 Å². The van der Waals surface area contributed by atoms with Crippen LogP contribution in [0.1, 0.15) is 18.4 Å². The quantitative estimate of drug-likeness (QED) is 0.748. The lowest BCUT2D eigenvalue weighted by atomic mass is 9.97. The fourth-order valence-electron chi connectivity index (χ4n) is 2.02. The van der Waals surface area contributed by atoms with Crippen molar-refractivity contribution < 1.29 is 9.53 Å². The Labute approximate surface area is 102 Å². The number of esters is 1. The van der Waals surface area contributed by atoms with Gasteiger partial charge in [0.25, 0.3) is 0 Å². The normalized spacial score (nSPS) is 17.9. The molecule has 0 aliphatic carbocycles. The van der Waals surface area contributed by atoms with Crippen LogP contribution >= 0.6 is 0 Å². The zero-order valence-corrected chi connectivity index (χ0v) is 9.97. The predicted molar refractivity (Wildman–Crippen MR) is 65.9 cm³/mol. The Morgan fingerprint density at radius 1 is 1.29 bits per heavy atom. The van der Waals surface area contributed by atoms with Crippen LogP contribution in [0.5, 0.6) is 0 Å². The highest BCUT2D eigenvalue weighted by Crippen LogP contribution is 2.18. The van der Waals surface area contributed by atoms with Gasteiger partial charge in [-0.3, -0.25) is 4.79 Å². The van der Waals surface area contributed by atoms with Gasteiger partial charge in [-0.2, -0.15) is 0 Å². The van der Waals surface area contributed by atoms with Gasteiger partial charge < -0.3 is 9.64 Å². The van der Waals surface area contributed by atoms with Crippen LogP contribution in [0.15, 0.2) is 30.3 Å². The molecule has 0 N–H and O–H groups in total. The number of rotatable bonds is 3. The average Bonchev–Trinajstić information content (AvgIpc) is 2.38. The number of carbonyl (C=O) groups excluding carboxylic acids is 1. The first-order valence-corrected chi connectivity index (χ1v) is 6.02. The molecule has 1 aromatic carbocycles. The molecule has 1 aromatic rings. The molecule has 0 bridgehead atoms. The van der Waals surface area contributed by atoms with Gasteiger partial charge in [0.1, 0.15) is 6.61 Å². The van der Waals surface area contributed by atoms with E-state index in [1.165, 1.54) is 0 Å². The van der Waals surface area contributed by atoms with E-state index in [4.69, 9.17) is 4.74 Å². The smallest absolute Gasteiger partial charge is 0.309 e.